The highest BCUT2D eigenvalue weighted by Crippen LogP contribution is 2.61. The fourth-order valence-corrected chi connectivity index (χ4v) is 7.22. The number of allylic oxidation sites excluding steroid dienone is 2. The van der Waals surface area contributed by atoms with E-state index in [-0.39, 0.29) is 23.4 Å². The average Bonchev–Trinajstić information content (AvgIpc) is 3.39. The number of ether oxygens (including phenoxy) is 1. The third kappa shape index (κ3) is 5.09. The zero-order chi connectivity index (χ0) is 28.7. The van der Waals surface area contributed by atoms with Crippen LogP contribution in [-0.4, -0.2) is 46.7 Å². The number of ketones is 1. The maximum atomic E-state index is 14.2. The van der Waals surface area contributed by atoms with Gasteiger partial charge in [-0.15, -0.1) is 0 Å². The first-order valence-electron chi connectivity index (χ1n) is 14.5. The molecular weight excluding hydrogens is 512 g/mol. The molecule has 0 radical (unpaired) electrons. The molecule has 2 fully saturated rings. The van der Waals surface area contributed by atoms with E-state index in [1.54, 1.807) is 4.90 Å². The maximum absolute atomic E-state index is 14.2. The van der Waals surface area contributed by atoms with Gasteiger partial charge in [0.25, 0.3) is 0 Å². The molecule has 40 heavy (non-hydrogen) atoms. The number of aliphatic hydroxyl groups excluding tert-OH is 1. The Balaban J connectivity index is 1.64. The fraction of sp³-hybridized carbons (Fsp3) is 0.515. The summed E-state index contributed by atoms with van der Waals surface area (Å²) in [5, 5.41) is 10.7. The van der Waals surface area contributed by atoms with Crippen LogP contribution in [-0.2, 0) is 11.2 Å². The van der Waals surface area contributed by atoms with Crippen LogP contribution < -0.4 is 0 Å². The largest absolute Gasteiger partial charge is 0.440 e. The van der Waals surface area contributed by atoms with E-state index in [0.29, 0.717) is 37.9 Å². The van der Waals surface area contributed by atoms with Gasteiger partial charge in [0, 0.05) is 23.1 Å². The Bertz CT molecular complexity index is 1340. The van der Waals surface area contributed by atoms with Crippen LogP contribution in [0, 0.1) is 17.0 Å². The normalized spacial score (nSPS) is 28.8. The Morgan fingerprint density at radius 2 is 1.93 bits per heavy atom. The molecule has 7 heteroatoms. The summed E-state index contributed by atoms with van der Waals surface area (Å²) in [6.07, 6.45) is 6.93. The Morgan fingerprint density at radius 3 is 2.67 bits per heavy atom. The zero-order valence-corrected chi connectivity index (χ0v) is 23.6. The Kier molecular flexibility index (Phi) is 7.88. The Morgan fingerprint density at radius 1 is 1.12 bits per heavy atom. The number of halogens is 2. The first-order chi connectivity index (χ1) is 19.1. The summed E-state index contributed by atoms with van der Waals surface area (Å²) in [4.78, 5) is 28.7. The number of hydrogen-bond donors (Lipinski definition) is 1. The Labute approximate surface area is 235 Å². The molecule has 1 N–H and O–H groups in total. The van der Waals surface area contributed by atoms with Gasteiger partial charge in [0.05, 0.1) is 12.6 Å². The second kappa shape index (κ2) is 11.1. The predicted octanol–water partition coefficient (Wildman–Crippen LogP) is 7.10. The van der Waals surface area contributed by atoms with Gasteiger partial charge in [-0.25, -0.2) is 13.6 Å². The van der Waals surface area contributed by atoms with E-state index in [4.69, 9.17) is 4.74 Å². The maximum Gasteiger partial charge on any atom is 0.410 e. The van der Waals surface area contributed by atoms with Gasteiger partial charge in [0.1, 0.15) is 5.60 Å². The van der Waals surface area contributed by atoms with Gasteiger partial charge < -0.3 is 14.7 Å². The molecule has 4 aliphatic rings. The number of rotatable bonds is 4. The summed E-state index contributed by atoms with van der Waals surface area (Å²) in [6, 6.07) is 8.98. The lowest BCUT2D eigenvalue weighted by Gasteiger charge is -2.43. The fourth-order valence-electron chi connectivity index (χ4n) is 7.22. The van der Waals surface area contributed by atoms with Gasteiger partial charge >= 0.3 is 6.09 Å². The summed E-state index contributed by atoms with van der Waals surface area (Å²) in [7, 11) is 0. The molecule has 6 rings (SSSR count). The molecule has 2 aromatic rings. The quantitative estimate of drug-likeness (QED) is 0.325. The summed E-state index contributed by atoms with van der Waals surface area (Å²) in [5.41, 5.74) is 2.24. The third-order valence-corrected chi connectivity index (χ3v) is 9.55. The van der Waals surface area contributed by atoms with Crippen molar-refractivity contribution in [2.75, 3.05) is 13.1 Å². The number of amides is 1. The highest BCUT2D eigenvalue weighted by atomic mass is 19.2. The van der Waals surface area contributed by atoms with Gasteiger partial charge in [0.2, 0.25) is 0 Å². The summed E-state index contributed by atoms with van der Waals surface area (Å²) < 4.78 is 34.2. The van der Waals surface area contributed by atoms with E-state index in [1.807, 2.05) is 25.1 Å². The molecule has 2 aromatic carbocycles. The molecule has 1 aliphatic heterocycles. The predicted molar refractivity (Wildman–Crippen MR) is 149 cm³/mol. The molecule has 1 saturated carbocycles. The third-order valence-electron chi connectivity index (χ3n) is 9.55. The summed E-state index contributed by atoms with van der Waals surface area (Å²) >= 11 is 0. The smallest absolute Gasteiger partial charge is 0.410 e. The highest BCUT2D eigenvalue weighted by Gasteiger charge is 2.63. The lowest BCUT2D eigenvalue weighted by Crippen LogP contribution is -2.48. The van der Waals surface area contributed by atoms with Crippen LogP contribution >= 0.6 is 0 Å². The lowest BCUT2D eigenvalue weighted by molar-refractivity contribution is -0.0373. The molecule has 1 saturated heterocycles. The monoisotopic (exact) mass is 551 g/mol. The number of fused-ring (bicyclic) bond motifs is 8. The highest BCUT2D eigenvalue weighted by molar-refractivity contribution is 6.10. The first-order valence-corrected chi connectivity index (χ1v) is 14.5. The molecule has 4 unspecified atom stereocenters. The van der Waals surface area contributed by atoms with E-state index in [1.165, 1.54) is 11.6 Å². The molecule has 4 atom stereocenters. The number of nitrogens with zero attached hydrogens (tertiary/aromatic N) is 1. The number of carbonyl (C=O) groups excluding carboxylic acids is 2. The standard InChI is InChI=1S/C33H39F2NO4/c1-4-16-36-20-33(40-31(36)39)15-13-27-25-11-8-22(17-24(37)10-7-21(2)6-5-14-32(27,33)3)18-26(25)30(38)23-9-12-28(34)29(35)19-23/h6,8-9,11-12,18-19,24,27,37H,4-5,7,10,13-17,20H2,1-3H3. The van der Waals surface area contributed by atoms with Crippen molar-refractivity contribution in [1.82, 2.24) is 4.90 Å². The average molecular weight is 552 g/mol. The zero-order valence-electron chi connectivity index (χ0n) is 23.6. The molecule has 2 bridgehead atoms. The van der Waals surface area contributed by atoms with Crippen molar-refractivity contribution in [2.45, 2.75) is 89.8 Å². The lowest BCUT2D eigenvalue weighted by atomic mass is 9.64. The topological polar surface area (TPSA) is 66.8 Å². The van der Waals surface area contributed by atoms with E-state index >= 15 is 0 Å². The van der Waals surface area contributed by atoms with Crippen LogP contribution in [0.3, 0.4) is 0 Å². The van der Waals surface area contributed by atoms with Gasteiger partial charge in [-0.2, -0.15) is 0 Å². The van der Waals surface area contributed by atoms with Crippen molar-refractivity contribution in [3.05, 3.63) is 81.9 Å². The van der Waals surface area contributed by atoms with Crippen LogP contribution in [0.5, 0.6) is 0 Å². The molecule has 3 aliphatic carbocycles. The van der Waals surface area contributed by atoms with Crippen molar-refractivity contribution in [2.24, 2.45) is 5.41 Å². The van der Waals surface area contributed by atoms with Crippen LogP contribution in [0.2, 0.25) is 0 Å². The minimum atomic E-state index is -1.07. The van der Waals surface area contributed by atoms with Crippen molar-refractivity contribution < 1.29 is 28.2 Å². The number of benzene rings is 2. The van der Waals surface area contributed by atoms with Crippen molar-refractivity contribution >= 4 is 11.9 Å². The van der Waals surface area contributed by atoms with E-state index in [2.05, 4.69) is 19.9 Å². The Hall–Kier alpha value is -3.06. The van der Waals surface area contributed by atoms with Gasteiger partial charge in [-0.1, -0.05) is 37.6 Å². The second-order valence-electron chi connectivity index (χ2n) is 12.2. The van der Waals surface area contributed by atoms with Crippen molar-refractivity contribution in [1.29, 1.82) is 0 Å². The van der Waals surface area contributed by atoms with Crippen LogP contribution in [0.1, 0.15) is 98.7 Å². The van der Waals surface area contributed by atoms with E-state index in [0.717, 1.165) is 55.4 Å². The van der Waals surface area contributed by atoms with E-state index < -0.39 is 28.8 Å². The molecule has 5 nitrogen and oxygen atoms in total. The summed E-state index contributed by atoms with van der Waals surface area (Å²) in [5.74, 6) is -2.55. The molecule has 0 aromatic heterocycles. The van der Waals surface area contributed by atoms with E-state index in [9.17, 15) is 23.5 Å². The number of hydrogen-bond acceptors (Lipinski definition) is 4. The molecular formula is C33H39F2NO4. The summed E-state index contributed by atoms with van der Waals surface area (Å²) in [6.45, 7) is 7.48. The number of carbonyl (C=O) groups is 2. The van der Waals surface area contributed by atoms with Crippen LogP contribution in [0.25, 0.3) is 0 Å². The second-order valence-corrected chi connectivity index (χ2v) is 12.2. The van der Waals surface area contributed by atoms with Crippen LogP contribution in [0.4, 0.5) is 13.6 Å². The van der Waals surface area contributed by atoms with Gasteiger partial charge in [0.15, 0.2) is 17.4 Å². The van der Waals surface area contributed by atoms with Gasteiger partial charge in [-0.05, 0) is 99.6 Å². The molecule has 1 spiro atoms. The van der Waals surface area contributed by atoms with Crippen molar-refractivity contribution in [3.8, 4) is 0 Å². The van der Waals surface area contributed by atoms with Crippen molar-refractivity contribution in [3.63, 3.8) is 0 Å². The number of aliphatic hydroxyl groups is 1. The molecule has 214 valence electrons. The minimum absolute atomic E-state index is 0.0772. The minimum Gasteiger partial charge on any atom is -0.440 e. The molecule has 1 heterocycles. The van der Waals surface area contributed by atoms with Gasteiger partial charge in [-0.3, -0.25) is 4.79 Å². The SMILES string of the molecule is CCCN1CC2(CCC3c4ccc(cc4C(=O)c4ccc(F)c(F)c4)CC(O)CCC(C)=CCCC32C)OC1=O. The molecule has 1 amide bonds. The van der Waals surface area contributed by atoms with Crippen LogP contribution in [0.15, 0.2) is 48.0 Å². The first kappa shape index (κ1) is 28.5.